The monoisotopic (exact) mass is 448 g/mol. The molecule has 0 atom stereocenters. The first kappa shape index (κ1) is 21.4. The number of aromatic nitrogens is 2. The number of carbonyl (C=O) groups is 1. The van der Waals surface area contributed by atoms with E-state index in [2.05, 4.69) is 11.8 Å². The fourth-order valence-corrected chi connectivity index (χ4v) is 6.13. The second-order valence-electron chi connectivity index (χ2n) is 9.10. The van der Waals surface area contributed by atoms with Crippen molar-refractivity contribution < 1.29 is 4.79 Å². The molecular weight excluding hydrogens is 416 g/mol. The molecule has 168 valence electrons. The van der Waals surface area contributed by atoms with E-state index in [1.54, 1.807) is 0 Å². The number of hydrogen-bond acceptors (Lipinski definition) is 5. The van der Waals surface area contributed by atoms with E-state index in [1.807, 2.05) is 47.4 Å². The molecule has 0 spiro atoms. The number of anilines is 1. The molecule has 5 nitrogen and oxygen atoms in total. The lowest BCUT2D eigenvalue weighted by Gasteiger charge is -2.36. The molecule has 0 bridgehead atoms. The van der Waals surface area contributed by atoms with Gasteiger partial charge in [0, 0.05) is 43.0 Å². The number of carbonyl (C=O) groups excluding carboxylic acids is 1. The van der Waals surface area contributed by atoms with Crippen molar-refractivity contribution in [3.63, 3.8) is 0 Å². The number of aryl methyl sites for hydroxylation is 4. The first-order valence-electron chi connectivity index (χ1n) is 12.1. The number of fused-ring (bicyclic) bond motifs is 3. The van der Waals surface area contributed by atoms with Crippen molar-refractivity contribution in [1.29, 1.82) is 0 Å². The van der Waals surface area contributed by atoms with Crippen molar-refractivity contribution in [3.8, 4) is 0 Å². The van der Waals surface area contributed by atoms with Gasteiger partial charge in [0.1, 0.15) is 16.5 Å². The number of rotatable bonds is 5. The molecule has 0 radical (unpaired) electrons. The van der Waals surface area contributed by atoms with Gasteiger partial charge in [-0.2, -0.15) is 0 Å². The van der Waals surface area contributed by atoms with Crippen LogP contribution in [0.15, 0.2) is 24.3 Å². The van der Waals surface area contributed by atoms with Gasteiger partial charge in [-0.05, 0) is 56.7 Å². The average Bonchev–Trinajstić information content (AvgIpc) is 3.21. The highest BCUT2D eigenvalue weighted by Gasteiger charge is 2.27. The molecule has 3 heterocycles. The van der Waals surface area contributed by atoms with E-state index in [1.165, 1.54) is 45.5 Å². The minimum atomic E-state index is 0.133. The number of piperazine rings is 1. The molecule has 1 fully saturated rings. The second-order valence-corrected chi connectivity index (χ2v) is 10.2. The number of amides is 1. The summed E-state index contributed by atoms with van der Waals surface area (Å²) in [7, 11) is 0. The Morgan fingerprint density at radius 2 is 1.78 bits per heavy atom. The molecule has 1 aromatic carbocycles. The van der Waals surface area contributed by atoms with Crippen LogP contribution in [0.1, 0.15) is 64.8 Å². The van der Waals surface area contributed by atoms with Crippen LogP contribution in [0.25, 0.3) is 10.2 Å². The van der Waals surface area contributed by atoms with Crippen molar-refractivity contribution in [1.82, 2.24) is 14.9 Å². The van der Waals surface area contributed by atoms with Crippen molar-refractivity contribution in [3.05, 3.63) is 51.7 Å². The lowest BCUT2D eigenvalue weighted by atomic mass is 9.96. The van der Waals surface area contributed by atoms with E-state index in [-0.39, 0.29) is 5.91 Å². The molecule has 2 aliphatic rings. The van der Waals surface area contributed by atoms with Gasteiger partial charge in [0.2, 0.25) is 0 Å². The molecule has 32 heavy (non-hydrogen) atoms. The molecule has 1 amide bonds. The fourth-order valence-electron chi connectivity index (χ4n) is 4.86. The molecule has 0 saturated carbocycles. The van der Waals surface area contributed by atoms with Crippen LogP contribution < -0.4 is 4.90 Å². The van der Waals surface area contributed by atoms with Crippen LogP contribution >= 0.6 is 11.3 Å². The Labute approximate surface area is 194 Å². The maximum atomic E-state index is 13.0. The molecule has 6 heteroatoms. The Morgan fingerprint density at radius 3 is 2.53 bits per heavy atom. The quantitative estimate of drug-likeness (QED) is 0.539. The highest BCUT2D eigenvalue weighted by Crippen LogP contribution is 2.40. The molecule has 1 aliphatic carbocycles. The summed E-state index contributed by atoms with van der Waals surface area (Å²) >= 11 is 1.89. The standard InChI is InChI=1S/C26H32N4OS/c1-3-4-9-22-27-24(23-20-7-5-6-8-21(20)32-25(23)28-22)29-14-16-30(17-15-29)26(31)19-12-10-18(2)11-13-19/h10-13H,3-9,14-17H2,1-2H3. The Bertz CT molecular complexity index is 1110. The smallest absolute Gasteiger partial charge is 0.253 e. The minimum absolute atomic E-state index is 0.133. The fraction of sp³-hybridized carbons (Fsp3) is 0.500. The van der Waals surface area contributed by atoms with E-state index in [0.29, 0.717) is 0 Å². The molecule has 2 aromatic heterocycles. The molecule has 0 unspecified atom stereocenters. The Balaban J connectivity index is 1.41. The van der Waals surface area contributed by atoms with Gasteiger partial charge >= 0.3 is 0 Å². The molecule has 1 saturated heterocycles. The van der Waals surface area contributed by atoms with E-state index in [9.17, 15) is 4.79 Å². The number of thiophene rings is 1. The van der Waals surface area contributed by atoms with E-state index < -0.39 is 0 Å². The topological polar surface area (TPSA) is 49.3 Å². The van der Waals surface area contributed by atoms with Gasteiger partial charge in [0.25, 0.3) is 5.91 Å². The predicted molar refractivity (Wildman–Crippen MR) is 132 cm³/mol. The van der Waals surface area contributed by atoms with Crippen LogP contribution in [0.3, 0.4) is 0 Å². The molecule has 5 rings (SSSR count). The zero-order chi connectivity index (χ0) is 22.1. The number of hydrogen-bond donors (Lipinski definition) is 0. The van der Waals surface area contributed by atoms with Gasteiger partial charge in [-0.15, -0.1) is 11.3 Å². The van der Waals surface area contributed by atoms with E-state index in [0.717, 1.165) is 69.1 Å². The van der Waals surface area contributed by atoms with Crippen LogP contribution in [0.2, 0.25) is 0 Å². The third-order valence-corrected chi connectivity index (χ3v) is 7.95. The zero-order valence-corrected chi connectivity index (χ0v) is 20.0. The Morgan fingerprint density at radius 1 is 1.03 bits per heavy atom. The van der Waals surface area contributed by atoms with Crippen LogP contribution in [0.5, 0.6) is 0 Å². The lowest BCUT2D eigenvalue weighted by Crippen LogP contribution is -2.49. The van der Waals surface area contributed by atoms with Gasteiger partial charge in [-0.3, -0.25) is 4.79 Å². The summed E-state index contributed by atoms with van der Waals surface area (Å²) in [5.74, 6) is 2.23. The maximum absolute atomic E-state index is 13.0. The molecule has 3 aromatic rings. The summed E-state index contributed by atoms with van der Waals surface area (Å²) in [5, 5.41) is 1.29. The van der Waals surface area contributed by atoms with Gasteiger partial charge in [-0.25, -0.2) is 9.97 Å². The van der Waals surface area contributed by atoms with Crippen molar-refractivity contribution >= 4 is 33.3 Å². The number of benzene rings is 1. The van der Waals surface area contributed by atoms with Crippen LogP contribution in [-0.2, 0) is 19.3 Å². The van der Waals surface area contributed by atoms with Gasteiger partial charge < -0.3 is 9.80 Å². The number of nitrogens with zero attached hydrogens (tertiary/aromatic N) is 4. The first-order chi connectivity index (χ1) is 15.6. The van der Waals surface area contributed by atoms with E-state index in [4.69, 9.17) is 9.97 Å². The second kappa shape index (κ2) is 9.18. The van der Waals surface area contributed by atoms with Gasteiger partial charge in [0.05, 0.1) is 5.39 Å². The Kier molecular flexibility index (Phi) is 6.13. The SMILES string of the molecule is CCCCc1nc(N2CCN(C(=O)c3ccc(C)cc3)CC2)c2c3c(sc2n1)CCCC3. The minimum Gasteiger partial charge on any atom is -0.352 e. The van der Waals surface area contributed by atoms with Crippen molar-refractivity contribution in [2.24, 2.45) is 0 Å². The lowest BCUT2D eigenvalue weighted by molar-refractivity contribution is 0.0746. The molecule has 0 N–H and O–H groups in total. The highest BCUT2D eigenvalue weighted by molar-refractivity contribution is 7.19. The normalized spacial score (nSPS) is 16.4. The summed E-state index contributed by atoms with van der Waals surface area (Å²) in [5.41, 5.74) is 3.45. The predicted octanol–water partition coefficient (Wildman–Crippen LogP) is 5.18. The summed E-state index contributed by atoms with van der Waals surface area (Å²) in [6.45, 7) is 7.37. The molecule has 1 aliphatic heterocycles. The van der Waals surface area contributed by atoms with Crippen LogP contribution in [0, 0.1) is 6.92 Å². The highest BCUT2D eigenvalue weighted by atomic mass is 32.1. The van der Waals surface area contributed by atoms with Crippen molar-refractivity contribution in [2.75, 3.05) is 31.1 Å². The summed E-state index contributed by atoms with van der Waals surface area (Å²) in [6, 6.07) is 7.91. The summed E-state index contributed by atoms with van der Waals surface area (Å²) in [4.78, 5) is 30.1. The zero-order valence-electron chi connectivity index (χ0n) is 19.2. The molecular formula is C26H32N4OS. The van der Waals surface area contributed by atoms with Crippen molar-refractivity contribution in [2.45, 2.75) is 58.8 Å². The van der Waals surface area contributed by atoms with Gasteiger partial charge in [-0.1, -0.05) is 31.0 Å². The summed E-state index contributed by atoms with van der Waals surface area (Å²) in [6.07, 6.45) is 8.07. The Hall–Kier alpha value is -2.47. The third-order valence-electron chi connectivity index (χ3n) is 6.76. The number of unbranched alkanes of at least 4 members (excludes halogenated alkanes) is 1. The summed E-state index contributed by atoms with van der Waals surface area (Å²) < 4.78 is 0. The van der Waals surface area contributed by atoms with E-state index >= 15 is 0 Å². The maximum Gasteiger partial charge on any atom is 0.253 e. The largest absolute Gasteiger partial charge is 0.352 e. The first-order valence-corrected chi connectivity index (χ1v) is 12.9. The third kappa shape index (κ3) is 4.13. The average molecular weight is 449 g/mol. The van der Waals surface area contributed by atoms with Gasteiger partial charge in [0.15, 0.2) is 0 Å². The van der Waals surface area contributed by atoms with Crippen LogP contribution in [-0.4, -0.2) is 47.0 Å². The van der Waals surface area contributed by atoms with Crippen LogP contribution in [0.4, 0.5) is 5.82 Å².